The summed E-state index contributed by atoms with van der Waals surface area (Å²) in [5.41, 5.74) is -4.42. The van der Waals surface area contributed by atoms with Crippen LogP contribution in [0.15, 0.2) is 42.5 Å². The Labute approximate surface area is 225 Å². The molecule has 2 aromatic rings. The summed E-state index contributed by atoms with van der Waals surface area (Å²) in [4.78, 5) is 23.5. The van der Waals surface area contributed by atoms with E-state index < -0.39 is 77.6 Å². The number of methoxy groups -OCH3 is 1. The van der Waals surface area contributed by atoms with Gasteiger partial charge in [-0.2, -0.15) is 39.5 Å². The fourth-order valence-electron chi connectivity index (χ4n) is 3.37. The summed E-state index contributed by atoms with van der Waals surface area (Å²) in [7, 11) is 1.20. The first-order chi connectivity index (χ1) is 18.4. The molecule has 0 aliphatic rings. The van der Waals surface area contributed by atoms with Crippen LogP contribution in [0.3, 0.4) is 0 Å². The summed E-state index contributed by atoms with van der Waals surface area (Å²) in [5.74, 6) is -5.87. The van der Waals surface area contributed by atoms with Gasteiger partial charge in [0.1, 0.15) is 23.8 Å². The summed E-state index contributed by atoms with van der Waals surface area (Å²) in [6.07, 6.45) is -15.1. The zero-order valence-electron chi connectivity index (χ0n) is 20.1. The Morgan fingerprint density at radius 2 is 1.68 bits per heavy atom. The lowest BCUT2D eigenvalue weighted by atomic mass is 9.95. The molecule has 2 N–H and O–H groups in total. The lowest BCUT2D eigenvalue weighted by molar-refractivity contribution is -0.140. The number of hydrogen-bond donors (Lipinski definition) is 2. The molecule has 0 radical (unpaired) electrons. The van der Waals surface area contributed by atoms with Gasteiger partial charge >= 0.3 is 18.5 Å². The van der Waals surface area contributed by atoms with Crippen LogP contribution in [0.5, 0.6) is 5.75 Å². The largest absolute Gasteiger partial charge is 0.495 e. The molecule has 2 aromatic carbocycles. The van der Waals surface area contributed by atoms with E-state index in [9.17, 15) is 53.5 Å². The molecule has 5 nitrogen and oxygen atoms in total. The first kappa shape index (κ1) is 32.9. The van der Waals surface area contributed by atoms with Gasteiger partial charge in [0.15, 0.2) is 0 Å². The average molecular weight is 609 g/mol. The van der Waals surface area contributed by atoms with Gasteiger partial charge in [0.05, 0.1) is 35.8 Å². The maximum atomic E-state index is 14.9. The molecule has 0 aliphatic heterocycles. The highest BCUT2D eigenvalue weighted by Gasteiger charge is 2.41. The van der Waals surface area contributed by atoms with Crippen LogP contribution >= 0.6 is 11.6 Å². The normalized spacial score (nSPS) is 14.4. The van der Waals surface area contributed by atoms with Crippen molar-refractivity contribution in [2.45, 2.75) is 30.5 Å². The van der Waals surface area contributed by atoms with Gasteiger partial charge in [-0.1, -0.05) is 23.7 Å². The van der Waals surface area contributed by atoms with Crippen LogP contribution in [0.4, 0.5) is 43.9 Å². The molecule has 0 aromatic heterocycles. The molecule has 0 spiro atoms. The molecule has 2 atom stereocenters. The quantitative estimate of drug-likeness (QED) is 0.240. The van der Waals surface area contributed by atoms with Crippen molar-refractivity contribution in [2.75, 3.05) is 20.2 Å². The van der Waals surface area contributed by atoms with Crippen LogP contribution in [0.2, 0.25) is 5.02 Å². The third-order valence-electron chi connectivity index (χ3n) is 5.22. The Kier molecular flexibility index (Phi) is 10.6. The lowest BCUT2D eigenvalue weighted by Crippen LogP contribution is -2.45. The molecule has 0 fully saturated rings. The molecule has 0 saturated carbocycles. The number of hydrogen-bond acceptors (Lipinski definition) is 4. The van der Waals surface area contributed by atoms with Crippen molar-refractivity contribution in [1.29, 1.82) is 0 Å². The van der Waals surface area contributed by atoms with E-state index in [4.69, 9.17) is 16.3 Å². The number of ether oxygens (including phenoxy) is 1. The molecular weight excluding hydrogens is 590 g/mol. The fraction of sp³-hybridized carbons (Fsp3) is 0.333. The number of halogens is 11. The monoisotopic (exact) mass is 608 g/mol. The highest BCUT2D eigenvalue weighted by Crippen LogP contribution is 2.41. The number of carbonyl (C=O) groups excluding carboxylic acids is 2. The van der Waals surface area contributed by atoms with Crippen molar-refractivity contribution in [3.8, 4) is 5.75 Å². The van der Waals surface area contributed by atoms with Crippen LogP contribution in [0.1, 0.15) is 33.0 Å². The number of nitrogens with one attached hydrogen (secondary N) is 2. The predicted molar refractivity (Wildman–Crippen MR) is 124 cm³/mol. The first-order valence-corrected chi connectivity index (χ1v) is 11.3. The van der Waals surface area contributed by atoms with Crippen molar-refractivity contribution in [3.05, 3.63) is 69.8 Å². The fourth-order valence-corrected chi connectivity index (χ4v) is 3.64. The summed E-state index contributed by atoms with van der Waals surface area (Å²) in [6.45, 7) is -2.33. The van der Waals surface area contributed by atoms with Crippen LogP contribution in [0, 0.1) is 0 Å². The molecule has 40 heavy (non-hydrogen) atoms. The zero-order valence-corrected chi connectivity index (χ0v) is 20.8. The van der Waals surface area contributed by atoms with E-state index in [0.29, 0.717) is 12.1 Å². The molecule has 2 unspecified atom stereocenters. The summed E-state index contributed by atoms with van der Waals surface area (Å²) in [5, 5.41) is 3.36. The molecule has 16 heteroatoms. The minimum absolute atomic E-state index is 0.0198. The van der Waals surface area contributed by atoms with Crippen molar-refractivity contribution >= 4 is 29.6 Å². The second-order valence-electron chi connectivity index (χ2n) is 8.15. The smallest absolute Gasteiger partial charge is 0.417 e. The van der Waals surface area contributed by atoms with Crippen molar-refractivity contribution < 1.29 is 58.2 Å². The van der Waals surface area contributed by atoms with E-state index in [-0.39, 0.29) is 29.2 Å². The van der Waals surface area contributed by atoms with E-state index in [2.05, 4.69) is 0 Å². The van der Waals surface area contributed by atoms with Crippen LogP contribution < -0.4 is 15.4 Å². The predicted octanol–water partition coefficient (Wildman–Crippen LogP) is 6.47. The van der Waals surface area contributed by atoms with Gasteiger partial charge < -0.3 is 20.2 Å². The number of rotatable bonds is 10. The van der Waals surface area contributed by atoms with E-state index in [1.807, 2.05) is 0 Å². The minimum Gasteiger partial charge on any atom is -0.495 e. The van der Waals surface area contributed by atoms with E-state index in [0.717, 1.165) is 18.2 Å². The first-order valence-electron chi connectivity index (χ1n) is 10.9. The SMILES string of the molecule is COc1ccc(C(/C=C(\F)c2ccc(C(=O)NC(C=O)CNCC(F)(F)F)c(C(F)(F)F)c2)C(F)(F)F)cc1Cl. The number of aldehydes is 1. The topological polar surface area (TPSA) is 67.4 Å². The Morgan fingerprint density at radius 1 is 1.02 bits per heavy atom. The van der Waals surface area contributed by atoms with Gasteiger partial charge in [-0.05, 0) is 35.9 Å². The van der Waals surface area contributed by atoms with Crippen LogP contribution in [-0.4, -0.2) is 50.8 Å². The number of carbonyl (C=O) groups is 2. The van der Waals surface area contributed by atoms with E-state index in [1.54, 1.807) is 10.6 Å². The van der Waals surface area contributed by atoms with Crippen molar-refractivity contribution in [2.24, 2.45) is 0 Å². The maximum Gasteiger partial charge on any atom is 0.417 e. The number of alkyl halides is 9. The Morgan fingerprint density at radius 3 is 2.17 bits per heavy atom. The Balaban J connectivity index is 2.42. The van der Waals surface area contributed by atoms with Gasteiger partial charge in [0.2, 0.25) is 0 Å². The summed E-state index contributed by atoms with van der Waals surface area (Å²) < 4.78 is 139. The van der Waals surface area contributed by atoms with Crippen molar-refractivity contribution in [1.82, 2.24) is 10.6 Å². The molecule has 220 valence electrons. The molecule has 0 heterocycles. The third kappa shape index (κ3) is 9.11. The molecule has 0 bridgehead atoms. The third-order valence-corrected chi connectivity index (χ3v) is 5.51. The average Bonchev–Trinajstić information content (AvgIpc) is 2.84. The van der Waals surface area contributed by atoms with Gasteiger partial charge in [0.25, 0.3) is 5.91 Å². The second-order valence-corrected chi connectivity index (χ2v) is 8.56. The minimum atomic E-state index is -5.32. The van der Waals surface area contributed by atoms with Gasteiger partial charge in [-0.25, -0.2) is 4.39 Å². The molecule has 0 aliphatic carbocycles. The summed E-state index contributed by atoms with van der Waals surface area (Å²) >= 11 is 5.84. The van der Waals surface area contributed by atoms with Crippen LogP contribution in [-0.2, 0) is 11.0 Å². The highest BCUT2D eigenvalue weighted by molar-refractivity contribution is 6.32. The van der Waals surface area contributed by atoms with Crippen molar-refractivity contribution in [3.63, 3.8) is 0 Å². The second kappa shape index (κ2) is 12.9. The zero-order chi connectivity index (χ0) is 30.5. The highest BCUT2D eigenvalue weighted by atomic mass is 35.5. The number of benzene rings is 2. The Hall–Kier alpha value is -3.33. The van der Waals surface area contributed by atoms with Gasteiger partial charge in [-0.15, -0.1) is 0 Å². The van der Waals surface area contributed by atoms with Gasteiger partial charge in [0, 0.05) is 12.1 Å². The van der Waals surface area contributed by atoms with E-state index in [1.165, 1.54) is 7.11 Å². The summed E-state index contributed by atoms with van der Waals surface area (Å²) in [6, 6.07) is 2.35. The maximum absolute atomic E-state index is 14.9. The van der Waals surface area contributed by atoms with E-state index >= 15 is 0 Å². The molecule has 2 rings (SSSR count). The Bertz CT molecular complexity index is 1240. The molecule has 0 saturated heterocycles. The number of amides is 1. The lowest BCUT2D eigenvalue weighted by Gasteiger charge is -2.19. The molecule has 1 amide bonds. The van der Waals surface area contributed by atoms with Crippen LogP contribution in [0.25, 0.3) is 5.83 Å². The standard InChI is InChI=1S/C24H19ClF10N2O3/c1-40-20-5-3-12(7-18(20)25)16(23(30,31)32)8-19(26)13-2-4-15(17(6-13)24(33,34)35)21(39)37-14(10-38)9-36-11-22(27,28)29/h2-8,10,14,16,36H,9,11H2,1H3,(H,37,39)/b19-8-. The number of allylic oxidation sites excluding steroid dienone is 1. The molecular formula is C24H19ClF10N2O3. The van der Waals surface area contributed by atoms with Gasteiger partial charge in [-0.3, -0.25) is 4.79 Å².